The normalized spacial score (nSPS) is 19.0. The van der Waals surface area contributed by atoms with Gasteiger partial charge in [-0.15, -0.1) is 0 Å². The van der Waals surface area contributed by atoms with Crippen molar-refractivity contribution in [1.82, 2.24) is 10.2 Å². The highest BCUT2D eigenvalue weighted by Gasteiger charge is 2.16. The van der Waals surface area contributed by atoms with Gasteiger partial charge in [0.05, 0.1) is 6.10 Å². The van der Waals surface area contributed by atoms with Crippen LogP contribution in [0, 0.1) is 5.92 Å². The molecule has 0 radical (unpaired) electrons. The van der Waals surface area contributed by atoms with E-state index in [4.69, 9.17) is 0 Å². The molecule has 0 atom stereocenters. The highest BCUT2D eigenvalue weighted by atomic mass is 16.3. The Morgan fingerprint density at radius 2 is 2.06 bits per heavy atom. The fourth-order valence-corrected chi connectivity index (χ4v) is 1.86. The summed E-state index contributed by atoms with van der Waals surface area (Å²) in [6, 6.07) is 0. The zero-order valence-corrected chi connectivity index (χ0v) is 10.4. The zero-order chi connectivity index (χ0) is 12.0. The third-order valence-electron chi connectivity index (χ3n) is 3.03. The van der Waals surface area contributed by atoms with Gasteiger partial charge >= 0.3 is 0 Å². The Kier molecular flexibility index (Phi) is 5.77. The molecule has 0 spiro atoms. The molecular weight excluding hydrogens is 204 g/mol. The van der Waals surface area contributed by atoms with Crippen LogP contribution in [0.4, 0.5) is 0 Å². The van der Waals surface area contributed by atoms with E-state index in [0.29, 0.717) is 0 Å². The number of carbonyl (C=O) groups excluding carboxylic acids is 1. The van der Waals surface area contributed by atoms with Crippen LogP contribution >= 0.6 is 0 Å². The van der Waals surface area contributed by atoms with E-state index in [-0.39, 0.29) is 17.9 Å². The molecule has 1 saturated heterocycles. The SMILES string of the molecule is CC(C)C(=O)NCCCN1CCC(O)CC1. The van der Waals surface area contributed by atoms with Crippen molar-refractivity contribution >= 4 is 5.91 Å². The maximum atomic E-state index is 11.3. The molecular formula is C12H24N2O2. The average molecular weight is 228 g/mol. The Bertz CT molecular complexity index is 211. The predicted molar refractivity (Wildman–Crippen MR) is 64.1 cm³/mol. The minimum absolute atomic E-state index is 0.0742. The van der Waals surface area contributed by atoms with E-state index in [1.54, 1.807) is 0 Å². The summed E-state index contributed by atoms with van der Waals surface area (Å²) in [5.74, 6) is 0.208. The van der Waals surface area contributed by atoms with Crippen LogP contribution in [-0.4, -0.2) is 48.2 Å². The first kappa shape index (κ1) is 13.5. The van der Waals surface area contributed by atoms with Gasteiger partial charge in [0.2, 0.25) is 5.91 Å². The molecule has 1 rings (SSSR count). The summed E-state index contributed by atoms with van der Waals surface area (Å²) in [6.45, 7) is 7.56. The quantitative estimate of drug-likeness (QED) is 0.678. The summed E-state index contributed by atoms with van der Waals surface area (Å²) in [7, 11) is 0. The molecule has 16 heavy (non-hydrogen) atoms. The van der Waals surface area contributed by atoms with Crippen molar-refractivity contribution in [2.45, 2.75) is 39.2 Å². The van der Waals surface area contributed by atoms with E-state index in [0.717, 1.165) is 45.4 Å². The van der Waals surface area contributed by atoms with Gasteiger partial charge in [0, 0.05) is 25.6 Å². The van der Waals surface area contributed by atoms with Crippen molar-refractivity contribution in [2.75, 3.05) is 26.2 Å². The molecule has 1 aliphatic rings. The number of hydrogen-bond donors (Lipinski definition) is 2. The van der Waals surface area contributed by atoms with Gasteiger partial charge in [-0.05, 0) is 25.8 Å². The number of likely N-dealkylation sites (tertiary alicyclic amines) is 1. The average Bonchev–Trinajstić information content (AvgIpc) is 2.26. The largest absolute Gasteiger partial charge is 0.393 e. The fraction of sp³-hybridized carbons (Fsp3) is 0.917. The van der Waals surface area contributed by atoms with Crippen LogP contribution in [0.15, 0.2) is 0 Å². The van der Waals surface area contributed by atoms with Crippen LogP contribution in [0.1, 0.15) is 33.1 Å². The third-order valence-corrected chi connectivity index (χ3v) is 3.03. The molecule has 0 aromatic carbocycles. The van der Waals surface area contributed by atoms with Gasteiger partial charge < -0.3 is 15.3 Å². The molecule has 4 heteroatoms. The minimum atomic E-state index is -0.100. The first-order valence-electron chi connectivity index (χ1n) is 6.27. The fourth-order valence-electron chi connectivity index (χ4n) is 1.86. The van der Waals surface area contributed by atoms with Crippen LogP contribution in [-0.2, 0) is 4.79 Å². The van der Waals surface area contributed by atoms with Crippen molar-refractivity contribution in [1.29, 1.82) is 0 Å². The molecule has 1 amide bonds. The highest BCUT2D eigenvalue weighted by molar-refractivity contribution is 5.77. The topological polar surface area (TPSA) is 52.6 Å². The second kappa shape index (κ2) is 6.86. The predicted octanol–water partition coefficient (Wildman–Crippen LogP) is 0.605. The van der Waals surface area contributed by atoms with Gasteiger partial charge in [-0.2, -0.15) is 0 Å². The molecule has 2 N–H and O–H groups in total. The van der Waals surface area contributed by atoms with Gasteiger partial charge in [0.15, 0.2) is 0 Å². The Morgan fingerprint density at radius 1 is 1.44 bits per heavy atom. The Hall–Kier alpha value is -0.610. The van der Waals surface area contributed by atoms with E-state index in [9.17, 15) is 9.90 Å². The van der Waals surface area contributed by atoms with E-state index in [2.05, 4.69) is 10.2 Å². The number of piperidine rings is 1. The minimum Gasteiger partial charge on any atom is -0.393 e. The molecule has 0 saturated carbocycles. The third kappa shape index (κ3) is 4.94. The lowest BCUT2D eigenvalue weighted by atomic mass is 10.1. The first-order valence-corrected chi connectivity index (χ1v) is 6.27. The van der Waals surface area contributed by atoms with Gasteiger partial charge in [0.25, 0.3) is 0 Å². The Morgan fingerprint density at radius 3 is 2.62 bits per heavy atom. The lowest BCUT2D eigenvalue weighted by Gasteiger charge is -2.29. The maximum Gasteiger partial charge on any atom is 0.222 e. The lowest BCUT2D eigenvalue weighted by Crippen LogP contribution is -2.38. The Labute approximate surface area is 98.0 Å². The zero-order valence-electron chi connectivity index (χ0n) is 10.4. The van der Waals surface area contributed by atoms with Crippen molar-refractivity contribution in [3.63, 3.8) is 0 Å². The molecule has 0 bridgehead atoms. The molecule has 1 fully saturated rings. The number of aliphatic hydroxyl groups excluding tert-OH is 1. The van der Waals surface area contributed by atoms with Gasteiger partial charge in [0.1, 0.15) is 0 Å². The van der Waals surface area contributed by atoms with Crippen molar-refractivity contribution in [2.24, 2.45) is 5.92 Å². The van der Waals surface area contributed by atoms with E-state index in [1.165, 1.54) is 0 Å². The van der Waals surface area contributed by atoms with Crippen LogP contribution in [0.25, 0.3) is 0 Å². The van der Waals surface area contributed by atoms with Crippen LogP contribution < -0.4 is 5.32 Å². The van der Waals surface area contributed by atoms with Crippen molar-refractivity contribution in [3.05, 3.63) is 0 Å². The maximum absolute atomic E-state index is 11.3. The van der Waals surface area contributed by atoms with Crippen molar-refractivity contribution in [3.8, 4) is 0 Å². The lowest BCUT2D eigenvalue weighted by molar-refractivity contribution is -0.123. The molecule has 0 aromatic rings. The summed E-state index contributed by atoms with van der Waals surface area (Å²) in [6.07, 6.45) is 2.67. The molecule has 0 aliphatic carbocycles. The van der Waals surface area contributed by atoms with Crippen LogP contribution in [0.2, 0.25) is 0 Å². The number of nitrogens with one attached hydrogen (secondary N) is 1. The second-order valence-corrected chi connectivity index (χ2v) is 4.87. The first-order chi connectivity index (χ1) is 7.59. The smallest absolute Gasteiger partial charge is 0.222 e. The molecule has 1 aliphatic heterocycles. The van der Waals surface area contributed by atoms with E-state index in [1.807, 2.05) is 13.8 Å². The standard InChI is InChI=1S/C12H24N2O2/c1-10(2)12(16)13-6-3-7-14-8-4-11(15)5-9-14/h10-11,15H,3-9H2,1-2H3,(H,13,16). The summed E-state index contributed by atoms with van der Waals surface area (Å²) in [4.78, 5) is 13.6. The summed E-state index contributed by atoms with van der Waals surface area (Å²) < 4.78 is 0. The number of amides is 1. The number of carbonyl (C=O) groups is 1. The Balaban J connectivity index is 2.01. The van der Waals surface area contributed by atoms with E-state index >= 15 is 0 Å². The van der Waals surface area contributed by atoms with Crippen molar-refractivity contribution < 1.29 is 9.90 Å². The molecule has 94 valence electrons. The van der Waals surface area contributed by atoms with Gasteiger partial charge in [-0.25, -0.2) is 0 Å². The number of aliphatic hydroxyl groups is 1. The van der Waals surface area contributed by atoms with Gasteiger partial charge in [-0.3, -0.25) is 4.79 Å². The van der Waals surface area contributed by atoms with Crippen LogP contribution in [0.3, 0.4) is 0 Å². The van der Waals surface area contributed by atoms with E-state index < -0.39 is 0 Å². The molecule has 4 nitrogen and oxygen atoms in total. The summed E-state index contributed by atoms with van der Waals surface area (Å²) >= 11 is 0. The number of hydrogen-bond acceptors (Lipinski definition) is 3. The molecule has 0 unspecified atom stereocenters. The molecule has 0 aromatic heterocycles. The highest BCUT2D eigenvalue weighted by Crippen LogP contribution is 2.09. The number of nitrogens with zero attached hydrogens (tertiary/aromatic N) is 1. The molecule has 1 heterocycles. The second-order valence-electron chi connectivity index (χ2n) is 4.87. The van der Waals surface area contributed by atoms with Crippen LogP contribution in [0.5, 0.6) is 0 Å². The number of rotatable bonds is 5. The summed E-state index contributed by atoms with van der Waals surface area (Å²) in [5.41, 5.74) is 0. The monoisotopic (exact) mass is 228 g/mol. The van der Waals surface area contributed by atoms with Gasteiger partial charge in [-0.1, -0.05) is 13.8 Å². The summed E-state index contributed by atoms with van der Waals surface area (Å²) in [5, 5.41) is 12.3.